The monoisotopic (exact) mass is 634 g/mol. The zero-order valence-corrected chi connectivity index (χ0v) is 27.7. The van der Waals surface area contributed by atoms with Crippen molar-refractivity contribution in [1.29, 1.82) is 5.41 Å². The van der Waals surface area contributed by atoms with Crippen LogP contribution in [0.3, 0.4) is 0 Å². The van der Waals surface area contributed by atoms with Crippen LogP contribution in [0.25, 0.3) is 22.0 Å². The van der Waals surface area contributed by atoms with Crippen LogP contribution in [0.2, 0.25) is 5.02 Å². The van der Waals surface area contributed by atoms with E-state index in [0.717, 1.165) is 31.4 Å². The molecule has 0 radical (unpaired) electrons. The number of nitrogens with one attached hydrogen (secondary N) is 1. The zero-order chi connectivity index (χ0) is 32.6. The van der Waals surface area contributed by atoms with Gasteiger partial charge in [-0.05, 0) is 62.6 Å². The number of fused-ring (bicyclic) bond motifs is 1. The number of likely N-dealkylation sites (N-methyl/N-ethyl adjacent to an activating group) is 1. The third kappa shape index (κ3) is 5.97. The number of carbonyl (C=O) groups is 1. The van der Waals surface area contributed by atoms with Gasteiger partial charge in [0.25, 0.3) is 0 Å². The van der Waals surface area contributed by atoms with Crippen LogP contribution < -0.4 is 15.5 Å². The fourth-order valence-electron chi connectivity index (χ4n) is 6.66. The largest absolute Gasteiger partial charge is 0.398 e. The predicted octanol–water partition coefficient (Wildman–Crippen LogP) is 5.90. The maximum absolute atomic E-state index is 16.8. The summed E-state index contributed by atoms with van der Waals surface area (Å²) >= 11 is 6.86. The molecule has 3 N–H and O–H groups in total. The van der Waals surface area contributed by atoms with Gasteiger partial charge < -0.3 is 25.8 Å². The number of rotatable bonds is 8. The fraction of sp³-hybridized carbons (Fsp3) is 0.471. The predicted molar refractivity (Wildman–Crippen MR) is 183 cm³/mol. The lowest BCUT2D eigenvalue weighted by Gasteiger charge is -2.46. The van der Waals surface area contributed by atoms with E-state index in [1.54, 1.807) is 23.1 Å². The number of benzene rings is 2. The Hall–Kier alpha value is -3.76. The van der Waals surface area contributed by atoms with Gasteiger partial charge in [0.05, 0.1) is 5.02 Å². The molecule has 2 aliphatic heterocycles. The van der Waals surface area contributed by atoms with Crippen molar-refractivity contribution in [2.75, 3.05) is 54.8 Å². The van der Waals surface area contributed by atoms with Gasteiger partial charge in [0.2, 0.25) is 11.9 Å². The number of aryl methyl sites for hydroxylation is 1. The highest BCUT2D eigenvalue weighted by atomic mass is 35.5. The van der Waals surface area contributed by atoms with Crippen molar-refractivity contribution >= 4 is 52.1 Å². The molecule has 1 aromatic heterocycles. The number of aromatic nitrogens is 2. The van der Waals surface area contributed by atoms with Crippen molar-refractivity contribution < 1.29 is 9.18 Å². The van der Waals surface area contributed by atoms with E-state index in [-0.39, 0.29) is 28.1 Å². The van der Waals surface area contributed by atoms with Gasteiger partial charge in [-0.3, -0.25) is 9.69 Å². The summed E-state index contributed by atoms with van der Waals surface area (Å²) in [5, 5.41) is 8.70. The minimum absolute atomic E-state index is 0.0950. The van der Waals surface area contributed by atoms with E-state index in [2.05, 4.69) is 28.2 Å². The molecule has 3 heterocycles. The SMILES string of the molecule is C=CC(=O)N1CCN(c2nc(N3CC(N(CC)C4CC4)C3)nc3c(F)c(-c4c(C)ccc(N)c4C=N)c(Cl)cc23)CC1C.CC. The van der Waals surface area contributed by atoms with Gasteiger partial charge in [-0.1, -0.05) is 45.0 Å². The first-order valence-electron chi connectivity index (χ1n) is 15.9. The minimum atomic E-state index is -0.567. The fourth-order valence-corrected chi connectivity index (χ4v) is 6.94. The number of anilines is 3. The third-order valence-electron chi connectivity index (χ3n) is 9.11. The molecule has 3 aliphatic rings. The van der Waals surface area contributed by atoms with Crippen LogP contribution in [-0.4, -0.2) is 89.3 Å². The van der Waals surface area contributed by atoms with Crippen LogP contribution >= 0.6 is 11.6 Å². The molecular formula is C34H44ClFN8O. The minimum Gasteiger partial charge on any atom is -0.398 e. The number of nitrogens with zero attached hydrogens (tertiary/aromatic N) is 6. The normalized spacial score (nSPS) is 18.5. The summed E-state index contributed by atoms with van der Waals surface area (Å²) in [5.74, 6) is 0.399. The molecule has 0 bridgehead atoms. The highest BCUT2D eigenvalue weighted by Gasteiger charge is 2.40. The summed E-state index contributed by atoms with van der Waals surface area (Å²) in [4.78, 5) is 30.8. The van der Waals surface area contributed by atoms with E-state index in [1.165, 1.54) is 18.9 Å². The Kier molecular flexibility index (Phi) is 9.65. The molecule has 1 saturated carbocycles. The van der Waals surface area contributed by atoms with Crippen LogP contribution in [0.4, 0.5) is 21.8 Å². The average molecular weight is 635 g/mol. The van der Waals surface area contributed by atoms with E-state index in [9.17, 15) is 4.79 Å². The van der Waals surface area contributed by atoms with E-state index < -0.39 is 5.82 Å². The van der Waals surface area contributed by atoms with Gasteiger partial charge in [-0.25, -0.2) is 9.37 Å². The number of nitrogens with two attached hydrogens (primary N) is 1. The molecule has 2 aromatic carbocycles. The lowest BCUT2D eigenvalue weighted by molar-refractivity contribution is -0.128. The molecule has 45 heavy (non-hydrogen) atoms. The summed E-state index contributed by atoms with van der Waals surface area (Å²) in [6.45, 7) is 17.8. The molecule has 3 aromatic rings. The second kappa shape index (κ2) is 13.3. The van der Waals surface area contributed by atoms with Crippen LogP contribution in [0.1, 0.15) is 51.7 Å². The summed E-state index contributed by atoms with van der Waals surface area (Å²) in [6, 6.07) is 6.23. The van der Waals surface area contributed by atoms with E-state index >= 15 is 4.39 Å². The molecule has 1 aliphatic carbocycles. The molecule has 9 nitrogen and oxygen atoms in total. The Morgan fingerprint density at radius 1 is 1.16 bits per heavy atom. The summed E-state index contributed by atoms with van der Waals surface area (Å²) in [6.07, 6.45) is 4.97. The summed E-state index contributed by atoms with van der Waals surface area (Å²) in [5.41, 5.74) is 8.57. The molecule has 11 heteroatoms. The first-order valence-corrected chi connectivity index (χ1v) is 16.3. The molecule has 1 atom stereocenters. The lowest BCUT2D eigenvalue weighted by Crippen LogP contribution is -2.60. The van der Waals surface area contributed by atoms with Gasteiger partial charge >= 0.3 is 0 Å². The zero-order valence-electron chi connectivity index (χ0n) is 26.9. The highest BCUT2D eigenvalue weighted by molar-refractivity contribution is 6.34. The number of carbonyl (C=O) groups excluding carboxylic acids is 1. The molecule has 6 rings (SSSR count). The Bertz CT molecular complexity index is 1620. The standard InChI is InChI=1S/C32H38ClFN8O.C2H6/c1-5-26(43)42-12-11-39(15-19(42)4)31-22-13-24(33)28(27-18(3)7-10-25(36)23(27)14-35)29(34)30(22)37-32(38-31)40-16-21(17-40)41(6-2)20-8-9-20;1-2/h5,7,10,13-14,19-21,35H,1,6,8-9,11-12,15-17,36H2,2-4H3;1-2H3. The Balaban J connectivity index is 0.00000196. The number of amides is 1. The first-order chi connectivity index (χ1) is 21.7. The number of piperazine rings is 1. The van der Waals surface area contributed by atoms with E-state index in [4.69, 9.17) is 32.7 Å². The quantitative estimate of drug-likeness (QED) is 0.181. The van der Waals surface area contributed by atoms with Crippen LogP contribution in [0.5, 0.6) is 0 Å². The second-order valence-electron chi connectivity index (χ2n) is 11.8. The van der Waals surface area contributed by atoms with Crippen molar-refractivity contribution in [2.45, 2.75) is 65.6 Å². The van der Waals surface area contributed by atoms with Crippen LogP contribution in [-0.2, 0) is 4.79 Å². The highest BCUT2D eigenvalue weighted by Crippen LogP contribution is 2.42. The van der Waals surface area contributed by atoms with Gasteiger partial charge in [0, 0.05) is 79.3 Å². The summed E-state index contributed by atoms with van der Waals surface area (Å²) < 4.78 is 16.8. The van der Waals surface area contributed by atoms with Crippen molar-refractivity contribution in [3.05, 3.63) is 52.8 Å². The number of nitrogen functional groups attached to an aromatic ring is 1. The summed E-state index contributed by atoms with van der Waals surface area (Å²) in [7, 11) is 0. The Morgan fingerprint density at radius 2 is 1.87 bits per heavy atom. The van der Waals surface area contributed by atoms with Crippen molar-refractivity contribution in [3.63, 3.8) is 0 Å². The molecule has 2 saturated heterocycles. The van der Waals surface area contributed by atoms with Crippen molar-refractivity contribution in [3.8, 4) is 11.1 Å². The van der Waals surface area contributed by atoms with Crippen LogP contribution in [0.15, 0.2) is 30.9 Å². The molecule has 1 unspecified atom stereocenters. The topological polar surface area (TPSA) is 106 Å². The second-order valence-corrected chi connectivity index (χ2v) is 12.3. The van der Waals surface area contributed by atoms with Crippen LogP contribution in [0, 0.1) is 18.2 Å². The Labute approximate surface area is 270 Å². The number of hydrogen-bond donors (Lipinski definition) is 2. The molecule has 0 spiro atoms. The van der Waals surface area contributed by atoms with Gasteiger partial charge in [0.1, 0.15) is 11.3 Å². The van der Waals surface area contributed by atoms with Gasteiger partial charge in [-0.15, -0.1) is 0 Å². The maximum Gasteiger partial charge on any atom is 0.246 e. The maximum atomic E-state index is 16.8. The molecular weight excluding hydrogens is 591 g/mol. The lowest BCUT2D eigenvalue weighted by atomic mass is 9.92. The van der Waals surface area contributed by atoms with Gasteiger partial charge in [-0.2, -0.15) is 4.98 Å². The average Bonchev–Trinajstić information content (AvgIpc) is 3.86. The van der Waals surface area contributed by atoms with Crippen molar-refractivity contribution in [2.24, 2.45) is 0 Å². The molecule has 1 amide bonds. The smallest absolute Gasteiger partial charge is 0.246 e. The third-order valence-corrected chi connectivity index (χ3v) is 9.41. The molecule has 240 valence electrons. The number of halogens is 2. The van der Waals surface area contributed by atoms with Crippen molar-refractivity contribution in [1.82, 2.24) is 19.8 Å². The molecule has 3 fully saturated rings. The van der Waals surface area contributed by atoms with E-state index in [0.29, 0.717) is 65.7 Å². The van der Waals surface area contributed by atoms with Gasteiger partial charge in [0.15, 0.2) is 5.82 Å². The number of hydrogen-bond acceptors (Lipinski definition) is 8. The van der Waals surface area contributed by atoms with E-state index in [1.807, 2.05) is 27.7 Å². The Morgan fingerprint density at radius 3 is 2.47 bits per heavy atom. The first kappa shape index (κ1) is 32.6.